The molecule has 1 aromatic rings. The van der Waals surface area contributed by atoms with Gasteiger partial charge in [0, 0.05) is 35.0 Å². The first kappa shape index (κ1) is 37.2. The predicted octanol–water partition coefficient (Wildman–Crippen LogP) is 5.96. The van der Waals surface area contributed by atoms with E-state index in [1.54, 1.807) is 47.4 Å². The summed E-state index contributed by atoms with van der Waals surface area (Å²) in [6, 6.07) is 7.59. The summed E-state index contributed by atoms with van der Waals surface area (Å²) >= 11 is 0. The van der Waals surface area contributed by atoms with Crippen LogP contribution >= 0.6 is 0 Å². The van der Waals surface area contributed by atoms with E-state index in [2.05, 4.69) is 9.47 Å². The van der Waals surface area contributed by atoms with E-state index < -0.39 is 0 Å². The second-order valence-corrected chi connectivity index (χ2v) is 7.02. The van der Waals surface area contributed by atoms with Gasteiger partial charge in [0.1, 0.15) is 11.9 Å². The van der Waals surface area contributed by atoms with Crippen LogP contribution in [0.25, 0.3) is 0 Å². The van der Waals surface area contributed by atoms with Gasteiger partial charge in [0.25, 0.3) is 0 Å². The molecule has 2 unspecified atom stereocenters. The van der Waals surface area contributed by atoms with Gasteiger partial charge < -0.3 is 28.6 Å². The fourth-order valence-corrected chi connectivity index (χ4v) is 3.04. The third-order valence-electron chi connectivity index (χ3n) is 4.29. The number of hydrogen-bond donors (Lipinski definition) is 0. The standard InChI is InChI=1S/C19H27NO5.2C2H6O.2C2H6/c1-4-6-15(18(21)24-5-2)11-17-13-20(19(22)25-17)12-14-7-9-16(23-3)10-8-14;2*1-3-2;2*1-2/h7-10,15,17H,4-6,11-13H2,1-3H3;2*1-2H3;2*1-2H3. The maximum atomic E-state index is 12.1. The molecular formula is C27H51NO7. The maximum Gasteiger partial charge on any atom is 0.410 e. The smallest absolute Gasteiger partial charge is 0.410 e. The number of carbonyl (C=O) groups is 2. The number of nitrogens with zero attached hydrogens (tertiary/aromatic N) is 1. The number of methoxy groups -OCH3 is 3. The molecule has 1 aliphatic heterocycles. The average Bonchev–Trinajstić information content (AvgIpc) is 3.21. The summed E-state index contributed by atoms with van der Waals surface area (Å²) in [5.74, 6) is 0.361. The van der Waals surface area contributed by atoms with Crippen molar-refractivity contribution in [1.29, 1.82) is 0 Å². The molecule has 8 heteroatoms. The Morgan fingerprint density at radius 2 is 1.51 bits per heavy atom. The summed E-state index contributed by atoms with van der Waals surface area (Å²) in [5.41, 5.74) is 1.01. The second-order valence-electron chi connectivity index (χ2n) is 7.02. The second kappa shape index (κ2) is 26.3. The molecule has 0 saturated carbocycles. The molecule has 0 radical (unpaired) electrons. The Bertz CT molecular complexity index is 606. The molecule has 0 aromatic heterocycles. The fraction of sp³-hybridized carbons (Fsp3) is 0.704. The van der Waals surface area contributed by atoms with E-state index in [4.69, 9.17) is 14.2 Å². The molecule has 0 bridgehead atoms. The lowest BCUT2D eigenvalue weighted by atomic mass is 9.96. The van der Waals surface area contributed by atoms with Crippen LogP contribution in [0.1, 0.15) is 66.4 Å². The minimum atomic E-state index is -0.333. The number of cyclic esters (lactones) is 1. The minimum absolute atomic E-state index is 0.200. The maximum absolute atomic E-state index is 12.1. The van der Waals surface area contributed by atoms with Gasteiger partial charge in [-0.15, -0.1) is 0 Å². The molecule has 1 saturated heterocycles. The van der Waals surface area contributed by atoms with Gasteiger partial charge in [-0.1, -0.05) is 53.2 Å². The average molecular weight is 502 g/mol. The van der Waals surface area contributed by atoms with Crippen molar-refractivity contribution in [3.8, 4) is 5.75 Å². The van der Waals surface area contributed by atoms with Crippen molar-refractivity contribution < 1.29 is 33.3 Å². The number of ether oxygens (including phenoxy) is 5. The highest BCUT2D eigenvalue weighted by atomic mass is 16.6. The highest BCUT2D eigenvalue weighted by Crippen LogP contribution is 2.24. The van der Waals surface area contributed by atoms with Crippen molar-refractivity contribution in [2.45, 2.75) is 73.5 Å². The van der Waals surface area contributed by atoms with E-state index in [-0.39, 0.29) is 24.1 Å². The number of rotatable bonds is 9. The molecule has 1 heterocycles. The van der Waals surface area contributed by atoms with Gasteiger partial charge in [0.2, 0.25) is 0 Å². The van der Waals surface area contributed by atoms with Crippen LogP contribution in [0.5, 0.6) is 5.75 Å². The quantitative estimate of drug-likeness (QED) is 0.386. The van der Waals surface area contributed by atoms with Crippen LogP contribution in [0.4, 0.5) is 4.79 Å². The van der Waals surface area contributed by atoms with Crippen molar-refractivity contribution in [3.63, 3.8) is 0 Å². The monoisotopic (exact) mass is 501 g/mol. The molecule has 0 N–H and O–H groups in total. The molecule has 0 spiro atoms. The van der Waals surface area contributed by atoms with E-state index in [0.717, 1.165) is 24.2 Å². The van der Waals surface area contributed by atoms with E-state index in [1.807, 2.05) is 58.9 Å². The molecule has 1 amide bonds. The zero-order valence-electron chi connectivity index (χ0n) is 24.0. The number of amides is 1. The van der Waals surface area contributed by atoms with Crippen molar-refractivity contribution in [3.05, 3.63) is 29.8 Å². The lowest BCUT2D eigenvalue weighted by molar-refractivity contribution is -0.149. The number of esters is 1. The molecule has 1 aliphatic rings. The van der Waals surface area contributed by atoms with E-state index in [9.17, 15) is 9.59 Å². The lowest BCUT2D eigenvalue weighted by Crippen LogP contribution is -2.27. The van der Waals surface area contributed by atoms with E-state index in [1.165, 1.54) is 0 Å². The normalized spacial score (nSPS) is 14.2. The zero-order chi connectivity index (χ0) is 27.6. The highest BCUT2D eigenvalue weighted by molar-refractivity contribution is 5.73. The van der Waals surface area contributed by atoms with Gasteiger partial charge in [0.15, 0.2) is 0 Å². The SMILES string of the molecule is CC.CC.CCCC(CC1CN(Cc2ccc(OC)cc2)C(=O)O1)C(=O)OCC.COC.COC. The molecule has 1 fully saturated rings. The van der Waals surface area contributed by atoms with Gasteiger partial charge in [-0.3, -0.25) is 4.79 Å². The minimum Gasteiger partial charge on any atom is -0.497 e. The molecule has 35 heavy (non-hydrogen) atoms. The summed E-state index contributed by atoms with van der Waals surface area (Å²) in [7, 11) is 8.12. The van der Waals surface area contributed by atoms with E-state index in [0.29, 0.717) is 26.1 Å². The van der Waals surface area contributed by atoms with Crippen LogP contribution in [0.3, 0.4) is 0 Å². The van der Waals surface area contributed by atoms with Crippen LogP contribution < -0.4 is 4.74 Å². The van der Waals surface area contributed by atoms with Crippen LogP contribution in [-0.2, 0) is 30.3 Å². The van der Waals surface area contributed by atoms with Crippen molar-refractivity contribution in [2.75, 3.05) is 48.7 Å². The summed E-state index contributed by atoms with van der Waals surface area (Å²) in [6.45, 7) is 13.2. The summed E-state index contributed by atoms with van der Waals surface area (Å²) in [5, 5.41) is 0. The molecule has 8 nitrogen and oxygen atoms in total. The summed E-state index contributed by atoms with van der Waals surface area (Å²) < 4.78 is 24.2. The molecule has 206 valence electrons. The predicted molar refractivity (Wildman–Crippen MR) is 142 cm³/mol. The summed E-state index contributed by atoms with van der Waals surface area (Å²) in [4.78, 5) is 25.8. The number of hydrogen-bond acceptors (Lipinski definition) is 7. The number of carbonyl (C=O) groups excluding carboxylic acids is 2. The largest absolute Gasteiger partial charge is 0.497 e. The van der Waals surface area contributed by atoms with Crippen LogP contribution in [0, 0.1) is 5.92 Å². The van der Waals surface area contributed by atoms with Crippen LogP contribution in [-0.4, -0.2) is 71.8 Å². The number of benzene rings is 1. The zero-order valence-corrected chi connectivity index (χ0v) is 24.0. The summed E-state index contributed by atoms with van der Waals surface area (Å²) in [6.07, 6.45) is 1.54. The molecular weight excluding hydrogens is 450 g/mol. The Kier molecular flexibility index (Phi) is 28.0. The van der Waals surface area contributed by atoms with Crippen LogP contribution in [0.2, 0.25) is 0 Å². The Hall–Kier alpha value is -2.32. The van der Waals surface area contributed by atoms with Crippen molar-refractivity contribution >= 4 is 12.1 Å². The van der Waals surface area contributed by atoms with Gasteiger partial charge >= 0.3 is 12.1 Å². The fourth-order valence-electron chi connectivity index (χ4n) is 3.04. The van der Waals surface area contributed by atoms with Gasteiger partial charge in [0.05, 0.1) is 26.2 Å². The molecule has 0 aliphatic carbocycles. The Morgan fingerprint density at radius 3 is 1.94 bits per heavy atom. The van der Waals surface area contributed by atoms with E-state index >= 15 is 0 Å². The molecule has 1 aromatic carbocycles. The van der Waals surface area contributed by atoms with Crippen LogP contribution in [0.15, 0.2) is 24.3 Å². The Labute approximate surface area is 214 Å². The Morgan fingerprint density at radius 1 is 1.00 bits per heavy atom. The first-order chi connectivity index (χ1) is 16.9. The van der Waals surface area contributed by atoms with Gasteiger partial charge in [-0.2, -0.15) is 0 Å². The lowest BCUT2D eigenvalue weighted by Gasteiger charge is -2.18. The Balaban J connectivity index is -0.000000891. The molecule has 2 rings (SSSR count). The first-order valence-corrected chi connectivity index (χ1v) is 12.5. The van der Waals surface area contributed by atoms with Gasteiger partial charge in [-0.25, -0.2) is 4.79 Å². The van der Waals surface area contributed by atoms with Crippen molar-refractivity contribution in [1.82, 2.24) is 4.90 Å². The third-order valence-corrected chi connectivity index (χ3v) is 4.29. The molecule has 2 atom stereocenters. The van der Waals surface area contributed by atoms with Crippen molar-refractivity contribution in [2.24, 2.45) is 5.92 Å². The topological polar surface area (TPSA) is 83.5 Å². The third kappa shape index (κ3) is 17.7. The highest BCUT2D eigenvalue weighted by Gasteiger charge is 2.34. The van der Waals surface area contributed by atoms with Gasteiger partial charge in [-0.05, 0) is 37.5 Å². The first-order valence-electron chi connectivity index (χ1n) is 12.5.